The first-order chi connectivity index (χ1) is 13.2. The summed E-state index contributed by atoms with van der Waals surface area (Å²) in [6.45, 7) is 1.90. The molecule has 2 aromatic heterocycles. The lowest BCUT2D eigenvalue weighted by Gasteiger charge is -2.10. The average Bonchev–Trinajstić information content (AvgIpc) is 3.23. The third kappa shape index (κ3) is 3.05. The summed E-state index contributed by atoms with van der Waals surface area (Å²) < 4.78 is 0. The van der Waals surface area contributed by atoms with Crippen molar-refractivity contribution in [2.45, 2.75) is 13.0 Å². The molecule has 2 amide bonds. The highest BCUT2D eigenvalue weighted by Gasteiger charge is 2.25. The number of fused-ring (bicyclic) bond motifs is 2. The third-order valence-corrected chi connectivity index (χ3v) is 6.63. The van der Waals surface area contributed by atoms with Gasteiger partial charge in [0.15, 0.2) is 0 Å². The van der Waals surface area contributed by atoms with Gasteiger partial charge in [0.2, 0.25) is 0 Å². The van der Waals surface area contributed by atoms with Crippen LogP contribution in [0.1, 0.15) is 16.0 Å². The van der Waals surface area contributed by atoms with E-state index in [2.05, 4.69) is 26.7 Å². The molecule has 0 aliphatic carbocycles. The number of benzene rings is 1. The molecule has 0 bridgehead atoms. The number of thioether (sulfide) groups is 1. The van der Waals surface area contributed by atoms with Gasteiger partial charge in [0.25, 0.3) is 11.1 Å². The molecule has 1 aromatic carbocycles. The number of rotatable bonds is 2. The summed E-state index contributed by atoms with van der Waals surface area (Å²) in [6.07, 6.45) is 4.36. The molecule has 0 unspecified atom stereocenters. The molecule has 1 saturated heterocycles. The van der Waals surface area contributed by atoms with Crippen LogP contribution in [0.2, 0.25) is 0 Å². The largest absolute Gasteiger partial charge is 0.312 e. The minimum absolute atomic E-state index is 0.339. The first-order valence-corrected chi connectivity index (χ1v) is 10.1. The summed E-state index contributed by atoms with van der Waals surface area (Å²) in [5.41, 5.74) is 3.93. The highest BCUT2D eigenvalue weighted by molar-refractivity contribution is 8.18. The maximum absolute atomic E-state index is 11.8. The predicted molar refractivity (Wildman–Crippen MR) is 107 cm³/mol. The van der Waals surface area contributed by atoms with E-state index < -0.39 is 0 Å². The quantitative estimate of drug-likeness (QED) is 0.649. The number of nitrogens with one attached hydrogen (secondary N) is 2. The summed E-state index contributed by atoms with van der Waals surface area (Å²) in [5, 5.41) is 6.27. The lowest BCUT2D eigenvalue weighted by molar-refractivity contribution is -0.115. The predicted octanol–water partition coefficient (Wildman–Crippen LogP) is 3.33. The van der Waals surface area contributed by atoms with Gasteiger partial charge in [0.1, 0.15) is 6.33 Å². The molecule has 0 saturated carbocycles. The Kier molecular flexibility index (Phi) is 4.04. The van der Waals surface area contributed by atoms with Crippen molar-refractivity contribution in [2.75, 3.05) is 6.54 Å². The van der Waals surface area contributed by atoms with Crippen molar-refractivity contribution in [3.8, 4) is 10.6 Å². The zero-order valence-electron chi connectivity index (χ0n) is 14.1. The van der Waals surface area contributed by atoms with Crippen molar-refractivity contribution in [3.63, 3.8) is 0 Å². The molecule has 3 aromatic rings. The van der Waals surface area contributed by atoms with Gasteiger partial charge in [-0.1, -0.05) is 6.07 Å². The van der Waals surface area contributed by atoms with E-state index in [1.807, 2.05) is 18.2 Å². The molecule has 134 valence electrons. The van der Waals surface area contributed by atoms with Gasteiger partial charge in [-0.2, -0.15) is 0 Å². The molecular weight excluding hydrogens is 380 g/mol. The Balaban J connectivity index is 1.61. The summed E-state index contributed by atoms with van der Waals surface area (Å²) in [4.78, 5) is 35.0. The Morgan fingerprint density at radius 2 is 2.07 bits per heavy atom. The van der Waals surface area contributed by atoms with E-state index >= 15 is 0 Å². The van der Waals surface area contributed by atoms with Gasteiger partial charge in [-0.15, -0.1) is 11.3 Å². The second kappa shape index (κ2) is 6.56. The average molecular weight is 394 g/mol. The van der Waals surface area contributed by atoms with Gasteiger partial charge in [-0.05, 0) is 53.6 Å². The Morgan fingerprint density at radius 1 is 1.15 bits per heavy atom. The van der Waals surface area contributed by atoms with Crippen LogP contribution in [0, 0.1) is 0 Å². The van der Waals surface area contributed by atoms with Gasteiger partial charge in [-0.3, -0.25) is 14.9 Å². The standard InChI is InChI=1S/C19H14N4O2S2/c24-18-16(27-19(25)23-18)6-10-1-2-13-12(5-10)17(22-9-21-13)15-7-11-8-20-4-3-14(11)26-15/h1-2,5-7,9,20H,3-4,8H2,(H,23,24,25). The topological polar surface area (TPSA) is 84.0 Å². The lowest BCUT2D eigenvalue weighted by atomic mass is 10.1. The van der Waals surface area contributed by atoms with Gasteiger partial charge < -0.3 is 5.32 Å². The van der Waals surface area contributed by atoms with Crippen LogP contribution in [0.5, 0.6) is 0 Å². The van der Waals surface area contributed by atoms with E-state index in [-0.39, 0.29) is 11.1 Å². The number of carbonyl (C=O) groups excluding carboxylic acids is 2. The van der Waals surface area contributed by atoms with Gasteiger partial charge in [0.05, 0.1) is 21.0 Å². The van der Waals surface area contributed by atoms with Crippen molar-refractivity contribution in [2.24, 2.45) is 0 Å². The molecule has 5 rings (SSSR count). The van der Waals surface area contributed by atoms with E-state index in [1.165, 1.54) is 10.4 Å². The number of hydrogen-bond donors (Lipinski definition) is 2. The Morgan fingerprint density at radius 3 is 2.89 bits per heavy atom. The molecule has 2 aliphatic heterocycles. The van der Waals surface area contributed by atoms with Crippen molar-refractivity contribution in [3.05, 3.63) is 51.5 Å². The summed E-state index contributed by atoms with van der Waals surface area (Å²) in [7, 11) is 0. The molecular formula is C19H14N4O2S2. The second-order valence-corrected chi connectivity index (χ2v) is 8.49. The monoisotopic (exact) mass is 394 g/mol. The van der Waals surface area contributed by atoms with Crippen molar-refractivity contribution in [1.82, 2.24) is 20.6 Å². The molecule has 4 heterocycles. The normalized spacial score (nSPS) is 18.1. The second-order valence-electron chi connectivity index (χ2n) is 6.34. The number of hydrogen-bond acceptors (Lipinski definition) is 7. The smallest absolute Gasteiger partial charge is 0.290 e. The highest BCUT2D eigenvalue weighted by Crippen LogP contribution is 2.36. The molecule has 1 fully saturated rings. The first kappa shape index (κ1) is 16.6. The number of thiophene rings is 1. The molecule has 2 aliphatic rings. The van der Waals surface area contributed by atoms with Crippen LogP contribution in [-0.4, -0.2) is 27.7 Å². The molecule has 0 atom stereocenters. The van der Waals surface area contributed by atoms with E-state index in [0.717, 1.165) is 58.3 Å². The zero-order valence-corrected chi connectivity index (χ0v) is 15.7. The van der Waals surface area contributed by atoms with Crippen LogP contribution in [0.3, 0.4) is 0 Å². The van der Waals surface area contributed by atoms with Gasteiger partial charge in [0, 0.05) is 23.4 Å². The fourth-order valence-electron chi connectivity index (χ4n) is 3.30. The van der Waals surface area contributed by atoms with E-state index in [0.29, 0.717) is 4.91 Å². The summed E-state index contributed by atoms with van der Waals surface area (Å²) >= 11 is 2.70. The Hall–Kier alpha value is -2.55. The minimum atomic E-state index is -0.354. The third-order valence-electron chi connectivity index (χ3n) is 4.57. The number of amides is 2. The highest BCUT2D eigenvalue weighted by atomic mass is 32.2. The fourth-order valence-corrected chi connectivity index (χ4v) is 5.18. The maximum atomic E-state index is 11.8. The summed E-state index contributed by atoms with van der Waals surface area (Å²) in [5.74, 6) is -0.354. The van der Waals surface area contributed by atoms with Crippen molar-refractivity contribution >= 4 is 51.2 Å². The number of nitrogens with zero attached hydrogens (tertiary/aromatic N) is 2. The minimum Gasteiger partial charge on any atom is -0.312 e. The van der Waals surface area contributed by atoms with E-state index in [1.54, 1.807) is 23.7 Å². The van der Waals surface area contributed by atoms with Crippen LogP contribution in [0.25, 0.3) is 27.6 Å². The van der Waals surface area contributed by atoms with Crippen LogP contribution >= 0.6 is 23.1 Å². The van der Waals surface area contributed by atoms with Crippen molar-refractivity contribution < 1.29 is 9.59 Å². The van der Waals surface area contributed by atoms with Crippen LogP contribution < -0.4 is 10.6 Å². The van der Waals surface area contributed by atoms with E-state index in [4.69, 9.17) is 0 Å². The zero-order chi connectivity index (χ0) is 18.4. The number of aromatic nitrogens is 2. The van der Waals surface area contributed by atoms with E-state index in [9.17, 15) is 9.59 Å². The molecule has 0 spiro atoms. The SMILES string of the molecule is O=C1NC(=O)C(=Cc2ccc3ncnc(-c4cc5c(s4)CCNC5)c3c2)S1. The number of imide groups is 1. The Bertz CT molecular complexity index is 1110. The maximum Gasteiger partial charge on any atom is 0.290 e. The van der Waals surface area contributed by atoms with Gasteiger partial charge >= 0.3 is 0 Å². The summed E-state index contributed by atoms with van der Waals surface area (Å²) in [6, 6.07) is 8.00. The van der Waals surface area contributed by atoms with Crippen LogP contribution in [0.15, 0.2) is 35.5 Å². The van der Waals surface area contributed by atoms with Crippen molar-refractivity contribution in [1.29, 1.82) is 0 Å². The molecule has 27 heavy (non-hydrogen) atoms. The fraction of sp³-hybridized carbons (Fsp3) is 0.158. The lowest BCUT2D eigenvalue weighted by Crippen LogP contribution is -2.21. The van der Waals surface area contributed by atoms with Crippen LogP contribution in [-0.2, 0) is 17.8 Å². The Labute approximate surface area is 163 Å². The first-order valence-electron chi connectivity index (χ1n) is 8.50. The molecule has 6 nitrogen and oxygen atoms in total. The van der Waals surface area contributed by atoms with Gasteiger partial charge in [-0.25, -0.2) is 9.97 Å². The number of carbonyl (C=O) groups is 2. The molecule has 2 N–H and O–H groups in total. The molecule has 0 radical (unpaired) electrons. The molecule has 8 heteroatoms. The van der Waals surface area contributed by atoms with Crippen LogP contribution in [0.4, 0.5) is 4.79 Å².